The molecule has 0 amide bonds. The first kappa shape index (κ1) is 21.2. The summed E-state index contributed by atoms with van der Waals surface area (Å²) in [6, 6.07) is 23.8. The topological polar surface area (TPSA) is 61.6 Å². The Labute approximate surface area is 178 Å². The minimum Gasteiger partial charge on any atom is -0.489 e. The Kier molecular flexibility index (Phi) is 7.28. The summed E-state index contributed by atoms with van der Waals surface area (Å²) in [6.07, 6.45) is 1.64. The first-order valence-corrected chi connectivity index (χ1v) is 9.95. The van der Waals surface area contributed by atoms with Crippen LogP contribution in [-0.4, -0.2) is 5.78 Å². The number of ketones is 1. The van der Waals surface area contributed by atoms with Crippen LogP contribution in [0.1, 0.15) is 29.2 Å². The van der Waals surface area contributed by atoms with Gasteiger partial charge >= 0.3 is 0 Å². The van der Waals surface area contributed by atoms with E-state index in [2.05, 4.69) is 0 Å². The third kappa shape index (κ3) is 6.24. The van der Waals surface area contributed by atoms with E-state index < -0.39 is 0 Å². The second-order valence-electron chi connectivity index (χ2n) is 7.31. The van der Waals surface area contributed by atoms with Crippen LogP contribution < -0.4 is 15.2 Å². The average Bonchev–Trinajstić information content (AvgIpc) is 2.73. The molecule has 4 nitrogen and oxygen atoms in total. The van der Waals surface area contributed by atoms with E-state index in [-0.39, 0.29) is 12.2 Å². The fraction of sp³-hybridized carbons (Fsp3) is 0.192. The zero-order chi connectivity index (χ0) is 21.3. The Morgan fingerprint density at radius 3 is 1.93 bits per heavy atom. The van der Waals surface area contributed by atoms with Crippen molar-refractivity contribution in [2.45, 2.75) is 33.5 Å². The molecule has 0 fully saturated rings. The summed E-state index contributed by atoms with van der Waals surface area (Å²) in [5.41, 5.74) is 10.0. The van der Waals surface area contributed by atoms with Gasteiger partial charge in [0, 0.05) is 17.7 Å². The number of aryl methyl sites for hydroxylation is 1. The minimum atomic E-state index is -0.0718. The van der Waals surface area contributed by atoms with Gasteiger partial charge in [-0.25, -0.2) is 0 Å². The van der Waals surface area contributed by atoms with Gasteiger partial charge in [0.25, 0.3) is 0 Å². The molecule has 0 bridgehead atoms. The van der Waals surface area contributed by atoms with Crippen molar-refractivity contribution in [2.24, 2.45) is 5.73 Å². The number of carbonyl (C=O) groups is 1. The maximum atomic E-state index is 12.4. The summed E-state index contributed by atoms with van der Waals surface area (Å²) in [4.78, 5) is 12.4. The molecule has 0 spiro atoms. The number of benzene rings is 3. The highest BCUT2D eigenvalue weighted by Crippen LogP contribution is 2.30. The molecule has 0 radical (unpaired) electrons. The van der Waals surface area contributed by atoms with Crippen LogP contribution in [0.15, 0.2) is 84.6 Å². The first-order valence-electron chi connectivity index (χ1n) is 9.95. The Hall–Kier alpha value is -3.53. The van der Waals surface area contributed by atoms with Crippen molar-refractivity contribution < 1.29 is 14.3 Å². The maximum absolute atomic E-state index is 12.4. The minimum absolute atomic E-state index is 0.0718. The van der Waals surface area contributed by atoms with E-state index in [0.29, 0.717) is 24.7 Å². The molecule has 0 aliphatic heterocycles. The predicted octanol–water partition coefficient (Wildman–Crippen LogP) is 5.13. The van der Waals surface area contributed by atoms with Crippen molar-refractivity contribution in [2.75, 3.05) is 0 Å². The predicted molar refractivity (Wildman–Crippen MR) is 119 cm³/mol. The highest BCUT2D eigenvalue weighted by atomic mass is 16.5. The molecule has 30 heavy (non-hydrogen) atoms. The Bertz CT molecular complexity index is 1010. The maximum Gasteiger partial charge on any atom is 0.161 e. The third-order valence-corrected chi connectivity index (χ3v) is 4.59. The standard InChI is InChI=1S/C26H27NO3/c1-19-13-26(30-18-22-11-7-4-8-12-22)23(15-24(28)14-20(2)27)16-25(19)29-17-21-9-5-3-6-10-21/h3-14,16H,15,17-18,27H2,1-2H3/b20-14-. The smallest absolute Gasteiger partial charge is 0.161 e. The van der Waals surface area contributed by atoms with Crippen molar-refractivity contribution >= 4 is 5.78 Å². The summed E-state index contributed by atoms with van der Waals surface area (Å²) >= 11 is 0. The summed E-state index contributed by atoms with van der Waals surface area (Å²) in [7, 11) is 0. The summed E-state index contributed by atoms with van der Waals surface area (Å²) in [6.45, 7) is 4.57. The zero-order valence-corrected chi connectivity index (χ0v) is 17.4. The number of carbonyl (C=O) groups excluding carboxylic acids is 1. The Morgan fingerprint density at radius 1 is 0.867 bits per heavy atom. The van der Waals surface area contributed by atoms with E-state index in [4.69, 9.17) is 15.2 Å². The van der Waals surface area contributed by atoms with E-state index in [1.165, 1.54) is 6.08 Å². The second-order valence-corrected chi connectivity index (χ2v) is 7.31. The third-order valence-electron chi connectivity index (χ3n) is 4.59. The normalized spacial score (nSPS) is 11.2. The molecule has 0 aromatic heterocycles. The van der Waals surface area contributed by atoms with Crippen LogP contribution >= 0.6 is 0 Å². The van der Waals surface area contributed by atoms with Gasteiger partial charge in [-0.3, -0.25) is 4.79 Å². The molecule has 0 aliphatic carbocycles. The largest absolute Gasteiger partial charge is 0.489 e. The van der Waals surface area contributed by atoms with Crippen LogP contribution in [0, 0.1) is 6.92 Å². The van der Waals surface area contributed by atoms with Crippen molar-refractivity contribution in [3.8, 4) is 11.5 Å². The van der Waals surface area contributed by atoms with Crippen LogP contribution in [0.25, 0.3) is 0 Å². The lowest BCUT2D eigenvalue weighted by atomic mass is 10.0. The average molecular weight is 402 g/mol. The van der Waals surface area contributed by atoms with Gasteiger partial charge in [-0.2, -0.15) is 0 Å². The fourth-order valence-electron chi connectivity index (χ4n) is 3.10. The number of ether oxygens (including phenoxy) is 2. The van der Waals surface area contributed by atoms with Crippen LogP contribution in [0.4, 0.5) is 0 Å². The number of hydrogen-bond donors (Lipinski definition) is 1. The van der Waals surface area contributed by atoms with Gasteiger partial charge in [0.05, 0.1) is 0 Å². The molecule has 154 valence electrons. The summed E-state index contributed by atoms with van der Waals surface area (Å²) in [5.74, 6) is 1.35. The van der Waals surface area contributed by atoms with Gasteiger partial charge in [0.2, 0.25) is 0 Å². The van der Waals surface area contributed by atoms with Gasteiger partial charge in [-0.05, 0) is 48.7 Å². The lowest BCUT2D eigenvalue weighted by Gasteiger charge is -2.16. The molecule has 0 atom stereocenters. The molecule has 0 saturated carbocycles. The van der Waals surface area contributed by atoms with Crippen LogP contribution in [0.3, 0.4) is 0 Å². The first-order chi connectivity index (χ1) is 14.5. The highest BCUT2D eigenvalue weighted by molar-refractivity contribution is 5.92. The van der Waals surface area contributed by atoms with Crippen LogP contribution in [0.5, 0.6) is 11.5 Å². The van der Waals surface area contributed by atoms with Crippen molar-refractivity contribution in [1.82, 2.24) is 0 Å². The second kappa shape index (κ2) is 10.3. The fourth-order valence-corrected chi connectivity index (χ4v) is 3.10. The lowest BCUT2D eigenvalue weighted by Crippen LogP contribution is -2.07. The van der Waals surface area contributed by atoms with Crippen molar-refractivity contribution in [3.05, 3.63) is 107 Å². The number of allylic oxidation sites excluding steroid dienone is 2. The highest BCUT2D eigenvalue weighted by Gasteiger charge is 2.13. The number of nitrogens with two attached hydrogens (primary N) is 1. The molecule has 3 aromatic rings. The monoisotopic (exact) mass is 401 g/mol. The lowest BCUT2D eigenvalue weighted by molar-refractivity contribution is -0.114. The van der Waals surface area contributed by atoms with E-state index in [1.54, 1.807) is 6.92 Å². The zero-order valence-electron chi connectivity index (χ0n) is 17.4. The van der Waals surface area contributed by atoms with Crippen LogP contribution in [-0.2, 0) is 24.4 Å². The molecular formula is C26H27NO3. The van der Waals surface area contributed by atoms with Crippen LogP contribution in [0.2, 0.25) is 0 Å². The molecular weight excluding hydrogens is 374 g/mol. The van der Waals surface area contributed by atoms with Gasteiger partial charge < -0.3 is 15.2 Å². The van der Waals surface area contributed by atoms with E-state index in [1.807, 2.05) is 79.7 Å². The summed E-state index contributed by atoms with van der Waals surface area (Å²) < 4.78 is 12.1. The molecule has 4 heteroatoms. The molecule has 2 N–H and O–H groups in total. The molecule has 0 unspecified atom stereocenters. The molecule has 3 rings (SSSR count). The number of rotatable bonds is 9. The SMILES string of the molecule is C/C(N)=C/C(=O)Cc1cc(OCc2ccccc2)c(C)cc1OCc1ccccc1. The van der Waals surface area contributed by atoms with Gasteiger partial charge in [0.15, 0.2) is 5.78 Å². The molecule has 0 heterocycles. The van der Waals surface area contributed by atoms with Crippen molar-refractivity contribution in [1.29, 1.82) is 0 Å². The summed E-state index contributed by atoms with van der Waals surface area (Å²) in [5, 5.41) is 0. The molecule has 3 aromatic carbocycles. The van der Waals surface area contributed by atoms with Gasteiger partial charge in [-0.15, -0.1) is 0 Å². The molecule has 0 saturated heterocycles. The van der Waals surface area contributed by atoms with Gasteiger partial charge in [0.1, 0.15) is 24.7 Å². The molecule has 0 aliphatic rings. The van der Waals surface area contributed by atoms with Gasteiger partial charge in [-0.1, -0.05) is 60.7 Å². The van der Waals surface area contributed by atoms with Crippen molar-refractivity contribution in [3.63, 3.8) is 0 Å². The van der Waals surface area contributed by atoms with E-state index in [9.17, 15) is 4.79 Å². The van der Waals surface area contributed by atoms with E-state index in [0.717, 1.165) is 28.0 Å². The Balaban J connectivity index is 1.83. The quantitative estimate of drug-likeness (QED) is 0.505. The Morgan fingerprint density at radius 2 is 1.40 bits per heavy atom. The van der Waals surface area contributed by atoms with E-state index >= 15 is 0 Å². The number of hydrogen-bond acceptors (Lipinski definition) is 4.